The van der Waals surface area contributed by atoms with Crippen LogP contribution in [0.2, 0.25) is 0 Å². The molecule has 4 N–H and O–H groups in total. The van der Waals surface area contributed by atoms with Gasteiger partial charge >= 0.3 is 5.97 Å². The summed E-state index contributed by atoms with van der Waals surface area (Å²) in [6.07, 6.45) is 0.839. The number of amides is 1. The molecule has 0 radical (unpaired) electrons. The number of benzene rings is 2. The number of hydrogen-bond acceptors (Lipinski definition) is 6. The Hall–Kier alpha value is -3.55. The van der Waals surface area contributed by atoms with Crippen molar-refractivity contribution in [1.29, 1.82) is 10.9 Å². The lowest BCUT2D eigenvalue weighted by atomic mass is 9.95. The van der Waals surface area contributed by atoms with Gasteiger partial charge in [0, 0.05) is 6.04 Å². The molecule has 158 valence electrons. The molecule has 0 aliphatic rings. The van der Waals surface area contributed by atoms with E-state index in [0.717, 1.165) is 16.7 Å². The Morgan fingerprint density at radius 2 is 1.70 bits per heavy atom. The zero-order chi connectivity index (χ0) is 21.9. The number of nitrogens with one attached hydrogen (secondary N) is 4. The van der Waals surface area contributed by atoms with Crippen molar-refractivity contribution in [2.45, 2.75) is 32.7 Å². The van der Waals surface area contributed by atoms with Crippen LogP contribution in [0.25, 0.3) is 11.1 Å². The summed E-state index contributed by atoms with van der Waals surface area (Å²) >= 11 is 0. The van der Waals surface area contributed by atoms with E-state index in [4.69, 9.17) is 15.7 Å². The Morgan fingerprint density at radius 3 is 2.30 bits per heavy atom. The standard InChI is InChI=1S/C22H27N5O3/c1-3-30-22(29)15(2)13-19(25-21(28)20(23)26-27-24)14-16-9-11-18(12-10-16)17-7-5-4-6-8-17/h4-12,15,19H,3,13-14H2,1-2H3,(H,25,28)(H3,23,24,26)/t15-,19+/m1/s1. The minimum absolute atomic E-state index is 0.292. The highest BCUT2D eigenvalue weighted by Crippen LogP contribution is 2.20. The van der Waals surface area contributed by atoms with Crippen LogP contribution in [0.4, 0.5) is 0 Å². The summed E-state index contributed by atoms with van der Waals surface area (Å²) in [6, 6.07) is 17.6. The fraction of sp³-hybridized carbons (Fsp3) is 0.318. The van der Waals surface area contributed by atoms with Crippen LogP contribution in [0.15, 0.2) is 59.8 Å². The third kappa shape index (κ3) is 6.80. The molecule has 2 rings (SSSR count). The minimum atomic E-state index is -0.687. The largest absolute Gasteiger partial charge is 0.466 e. The first-order valence-electron chi connectivity index (χ1n) is 9.77. The zero-order valence-electron chi connectivity index (χ0n) is 17.1. The molecule has 0 aliphatic heterocycles. The van der Waals surface area contributed by atoms with E-state index in [1.54, 1.807) is 13.8 Å². The lowest BCUT2D eigenvalue weighted by molar-refractivity contribution is -0.148. The van der Waals surface area contributed by atoms with Crippen LogP contribution >= 0.6 is 0 Å². The molecule has 1 amide bonds. The monoisotopic (exact) mass is 409 g/mol. The van der Waals surface area contributed by atoms with Gasteiger partial charge in [0.1, 0.15) is 0 Å². The van der Waals surface area contributed by atoms with Crippen molar-refractivity contribution < 1.29 is 14.3 Å². The van der Waals surface area contributed by atoms with Gasteiger partial charge in [-0.25, -0.2) is 5.43 Å². The van der Waals surface area contributed by atoms with Crippen LogP contribution in [-0.4, -0.2) is 30.4 Å². The van der Waals surface area contributed by atoms with Gasteiger partial charge < -0.3 is 10.1 Å². The Labute approximate surface area is 176 Å². The summed E-state index contributed by atoms with van der Waals surface area (Å²) in [4.78, 5) is 24.2. The lowest BCUT2D eigenvalue weighted by Gasteiger charge is -2.22. The molecule has 30 heavy (non-hydrogen) atoms. The number of esters is 1. The van der Waals surface area contributed by atoms with Crippen molar-refractivity contribution in [1.82, 2.24) is 10.7 Å². The number of carbonyl (C=O) groups excluding carboxylic acids is 2. The predicted octanol–water partition coefficient (Wildman–Crippen LogP) is 3.48. The summed E-state index contributed by atoms with van der Waals surface area (Å²) < 4.78 is 5.06. The maximum Gasteiger partial charge on any atom is 0.308 e. The second kappa shape index (κ2) is 11.5. The Kier molecular flexibility index (Phi) is 8.68. The maximum absolute atomic E-state index is 12.2. The van der Waals surface area contributed by atoms with Crippen LogP contribution in [0.1, 0.15) is 25.8 Å². The van der Waals surface area contributed by atoms with Crippen molar-refractivity contribution in [3.05, 3.63) is 60.2 Å². The molecule has 0 unspecified atom stereocenters. The Balaban J connectivity index is 2.12. The average Bonchev–Trinajstić information content (AvgIpc) is 2.75. The molecule has 0 aliphatic carbocycles. The van der Waals surface area contributed by atoms with E-state index in [1.807, 2.05) is 60.0 Å². The van der Waals surface area contributed by atoms with Gasteiger partial charge in [-0.2, -0.15) is 5.53 Å². The van der Waals surface area contributed by atoms with Crippen LogP contribution < -0.4 is 10.7 Å². The van der Waals surface area contributed by atoms with E-state index in [1.165, 1.54) is 0 Å². The SMILES string of the molecule is CCOC(=O)[C@H](C)C[C@@H](Cc1ccc(-c2ccccc2)cc1)NC(=O)C(=N)NN=N. The van der Waals surface area contributed by atoms with Gasteiger partial charge in [0.25, 0.3) is 5.91 Å². The second-order valence-corrected chi connectivity index (χ2v) is 6.92. The lowest BCUT2D eigenvalue weighted by Crippen LogP contribution is -2.45. The summed E-state index contributed by atoms with van der Waals surface area (Å²) in [5.41, 5.74) is 11.9. The molecule has 8 nitrogen and oxygen atoms in total. The van der Waals surface area contributed by atoms with Crippen molar-refractivity contribution in [3.63, 3.8) is 0 Å². The normalized spacial score (nSPS) is 12.3. The Bertz CT molecular complexity index is 868. The van der Waals surface area contributed by atoms with Gasteiger partial charge in [-0.15, -0.1) is 0 Å². The maximum atomic E-state index is 12.2. The van der Waals surface area contributed by atoms with E-state index in [-0.39, 0.29) is 5.97 Å². The van der Waals surface area contributed by atoms with E-state index in [0.29, 0.717) is 19.4 Å². The highest BCUT2D eigenvalue weighted by atomic mass is 16.5. The van der Waals surface area contributed by atoms with Crippen LogP contribution in [-0.2, 0) is 20.7 Å². The molecule has 0 fully saturated rings. The van der Waals surface area contributed by atoms with Crippen LogP contribution in [0.3, 0.4) is 0 Å². The van der Waals surface area contributed by atoms with Crippen molar-refractivity contribution in [2.24, 2.45) is 11.1 Å². The second-order valence-electron chi connectivity index (χ2n) is 6.92. The summed E-state index contributed by atoms with van der Waals surface area (Å²) in [5.74, 6) is -1.96. The van der Waals surface area contributed by atoms with E-state index < -0.39 is 23.7 Å². The number of amidine groups is 1. The Morgan fingerprint density at radius 1 is 1.07 bits per heavy atom. The third-order valence-corrected chi connectivity index (χ3v) is 4.60. The van der Waals surface area contributed by atoms with Gasteiger partial charge in [0.05, 0.1) is 12.5 Å². The molecule has 0 aromatic heterocycles. The molecule has 2 aromatic rings. The van der Waals surface area contributed by atoms with Crippen molar-refractivity contribution in [2.75, 3.05) is 6.61 Å². The topological polar surface area (TPSA) is 127 Å². The zero-order valence-corrected chi connectivity index (χ0v) is 17.1. The smallest absolute Gasteiger partial charge is 0.308 e. The predicted molar refractivity (Wildman–Crippen MR) is 114 cm³/mol. The van der Waals surface area contributed by atoms with Crippen LogP contribution in [0.5, 0.6) is 0 Å². The molecule has 0 saturated heterocycles. The highest BCUT2D eigenvalue weighted by molar-refractivity contribution is 6.36. The van der Waals surface area contributed by atoms with E-state index in [2.05, 4.69) is 10.5 Å². The molecule has 8 heteroatoms. The molecule has 0 heterocycles. The molecular weight excluding hydrogens is 382 g/mol. The van der Waals surface area contributed by atoms with Gasteiger partial charge in [-0.3, -0.25) is 15.0 Å². The first-order valence-corrected chi connectivity index (χ1v) is 9.77. The quantitative estimate of drug-likeness (QED) is 0.166. The van der Waals surface area contributed by atoms with Crippen molar-refractivity contribution in [3.8, 4) is 11.1 Å². The summed E-state index contributed by atoms with van der Waals surface area (Å²) in [6.45, 7) is 3.79. The minimum Gasteiger partial charge on any atom is -0.466 e. The molecule has 0 saturated carbocycles. The highest BCUT2D eigenvalue weighted by Gasteiger charge is 2.23. The number of nitrogens with zero attached hydrogens (tertiary/aromatic N) is 1. The van der Waals surface area contributed by atoms with Gasteiger partial charge in [0.15, 0.2) is 0 Å². The molecule has 0 bridgehead atoms. The fourth-order valence-electron chi connectivity index (χ4n) is 3.11. The molecule has 2 atom stereocenters. The number of carbonyl (C=O) groups is 2. The average molecular weight is 409 g/mol. The first-order chi connectivity index (χ1) is 14.4. The molecular formula is C22H27N5O3. The third-order valence-electron chi connectivity index (χ3n) is 4.60. The first kappa shape index (κ1) is 22.7. The summed E-state index contributed by atoms with van der Waals surface area (Å²) in [5, 5.41) is 13.2. The number of ether oxygens (including phenoxy) is 1. The van der Waals surface area contributed by atoms with Gasteiger partial charge in [0.2, 0.25) is 5.84 Å². The van der Waals surface area contributed by atoms with E-state index >= 15 is 0 Å². The summed E-state index contributed by atoms with van der Waals surface area (Å²) in [7, 11) is 0. The fourth-order valence-corrected chi connectivity index (χ4v) is 3.11. The van der Waals surface area contributed by atoms with Gasteiger partial charge in [-0.1, -0.05) is 66.7 Å². The van der Waals surface area contributed by atoms with Crippen LogP contribution in [0, 0.1) is 16.9 Å². The van der Waals surface area contributed by atoms with Gasteiger partial charge in [-0.05, 0) is 36.5 Å². The molecule has 0 spiro atoms. The molecule has 2 aromatic carbocycles. The van der Waals surface area contributed by atoms with E-state index in [9.17, 15) is 9.59 Å². The van der Waals surface area contributed by atoms with Crippen molar-refractivity contribution >= 4 is 17.7 Å². The number of hydrogen-bond donors (Lipinski definition) is 4. The number of rotatable bonds is 9.